The van der Waals surface area contributed by atoms with Crippen molar-refractivity contribution in [1.82, 2.24) is 19.3 Å². The summed E-state index contributed by atoms with van der Waals surface area (Å²) >= 11 is 1.49. The first-order valence-corrected chi connectivity index (χ1v) is 9.20. The number of thiazole rings is 1. The van der Waals surface area contributed by atoms with Gasteiger partial charge < -0.3 is 9.88 Å². The number of hydrogen-bond acceptors (Lipinski definition) is 4. The number of nitrogens with zero attached hydrogens (tertiary/aromatic N) is 3. The fourth-order valence-electron chi connectivity index (χ4n) is 3.26. The van der Waals surface area contributed by atoms with E-state index in [1.54, 1.807) is 10.6 Å². The van der Waals surface area contributed by atoms with Crippen molar-refractivity contribution in [1.29, 1.82) is 0 Å². The van der Waals surface area contributed by atoms with Crippen LogP contribution in [0.5, 0.6) is 0 Å². The van der Waals surface area contributed by atoms with E-state index in [1.165, 1.54) is 27.8 Å². The molecule has 0 aliphatic rings. The molecule has 0 aliphatic carbocycles. The zero-order valence-corrected chi connectivity index (χ0v) is 15.1. The quantitative estimate of drug-likeness (QED) is 0.600. The monoisotopic (exact) mass is 352 g/mol. The van der Waals surface area contributed by atoms with E-state index in [0.29, 0.717) is 6.42 Å². The first-order chi connectivity index (χ1) is 12.1. The third-order valence-corrected chi connectivity index (χ3v) is 5.38. The Balaban J connectivity index is 1.51. The molecule has 3 aromatic heterocycles. The zero-order valence-electron chi connectivity index (χ0n) is 14.3. The van der Waals surface area contributed by atoms with Gasteiger partial charge >= 0.3 is 0 Å². The molecule has 0 bridgehead atoms. The maximum Gasteiger partial charge on any atom is 0.261 e. The van der Waals surface area contributed by atoms with Crippen LogP contribution in [-0.2, 0) is 13.0 Å². The third kappa shape index (κ3) is 2.99. The zero-order chi connectivity index (χ0) is 17.4. The Morgan fingerprint density at radius 1 is 1.32 bits per heavy atom. The first-order valence-electron chi connectivity index (χ1n) is 8.32. The summed E-state index contributed by atoms with van der Waals surface area (Å²) in [7, 11) is 2.09. The number of aromatic amines is 1. The van der Waals surface area contributed by atoms with E-state index >= 15 is 0 Å². The summed E-state index contributed by atoms with van der Waals surface area (Å²) in [6.07, 6.45) is 4.47. The van der Waals surface area contributed by atoms with E-state index in [4.69, 9.17) is 0 Å². The average molecular weight is 352 g/mol. The van der Waals surface area contributed by atoms with Gasteiger partial charge in [-0.2, -0.15) is 0 Å². The summed E-state index contributed by atoms with van der Waals surface area (Å²) in [5, 5.41) is 3.13. The van der Waals surface area contributed by atoms with Crippen molar-refractivity contribution < 1.29 is 0 Å². The summed E-state index contributed by atoms with van der Waals surface area (Å²) in [5.41, 5.74) is 4.16. The van der Waals surface area contributed by atoms with E-state index < -0.39 is 0 Å². The van der Waals surface area contributed by atoms with E-state index in [9.17, 15) is 4.79 Å². The minimum Gasteiger partial charge on any atom is -0.361 e. The molecule has 128 valence electrons. The van der Waals surface area contributed by atoms with Crippen LogP contribution in [0.4, 0.5) is 0 Å². The second-order valence-electron chi connectivity index (χ2n) is 6.38. The van der Waals surface area contributed by atoms with Gasteiger partial charge in [-0.3, -0.25) is 9.20 Å². The number of aromatic nitrogens is 3. The Morgan fingerprint density at radius 2 is 2.20 bits per heavy atom. The number of para-hydroxylation sites is 1. The van der Waals surface area contributed by atoms with Gasteiger partial charge in [-0.15, -0.1) is 11.3 Å². The molecular formula is C19H20N4OS. The average Bonchev–Trinajstić information content (AvgIpc) is 3.23. The Hall–Kier alpha value is -2.44. The molecule has 4 rings (SSSR count). The topological polar surface area (TPSA) is 53.4 Å². The predicted molar refractivity (Wildman–Crippen MR) is 102 cm³/mol. The lowest BCUT2D eigenvalue weighted by Crippen LogP contribution is -2.26. The Bertz CT molecular complexity index is 1090. The van der Waals surface area contributed by atoms with Crippen molar-refractivity contribution in [3.05, 3.63) is 69.2 Å². The number of benzene rings is 1. The second-order valence-corrected chi connectivity index (χ2v) is 7.26. The van der Waals surface area contributed by atoms with Crippen LogP contribution in [0.1, 0.15) is 16.8 Å². The standard InChI is InChI=1S/C19H20N4OS/c1-13-16(18(24)23-10-11-25-19(23)21-13)7-9-22(2)12-15-5-3-4-14-6-8-20-17(14)15/h3-6,8,10-11,20H,7,9,12H2,1-2H3. The summed E-state index contributed by atoms with van der Waals surface area (Å²) in [6.45, 7) is 3.58. The molecule has 0 amide bonds. The van der Waals surface area contributed by atoms with Gasteiger partial charge in [0.15, 0.2) is 4.96 Å². The van der Waals surface area contributed by atoms with Gasteiger partial charge in [-0.1, -0.05) is 18.2 Å². The number of H-pyrrole nitrogens is 1. The van der Waals surface area contributed by atoms with Crippen molar-refractivity contribution in [2.75, 3.05) is 13.6 Å². The SMILES string of the molecule is Cc1nc2sccn2c(=O)c1CCN(C)Cc1cccc2cc[nH]c12. The van der Waals surface area contributed by atoms with Gasteiger partial charge in [0, 0.05) is 47.6 Å². The molecule has 0 atom stereocenters. The molecule has 0 saturated heterocycles. The van der Waals surface area contributed by atoms with Crippen molar-refractivity contribution in [3.8, 4) is 0 Å². The summed E-state index contributed by atoms with van der Waals surface area (Å²) in [6, 6.07) is 8.44. The van der Waals surface area contributed by atoms with Crippen LogP contribution >= 0.6 is 11.3 Å². The molecule has 0 fully saturated rings. The molecule has 4 aromatic rings. The van der Waals surface area contributed by atoms with Gasteiger partial charge in [0.2, 0.25) is 0 Å². The number of fused-ring (bicyclic) bond motifs is 2. The smallest absolute Gasteiger partial charge is 0.261 e. The van der Waals surface area contributed by atoms with Gasteiger partial charge in [0.1, 0.15) is 0 Å². The van der Waals surface area contributed by atoms with Crippen molar-refractivity contribution in [3.63, 3.8) is 0 Å². The molecule has 6 heteroatoms. The van der Waals surface area contributed by atoms with Crippen LogP contribution < -0.4 is 5.56 Å². The number of aryl methyl sites for hydroxylation is 1. The maximum absolute atomic E-state index is 12.6. The normalized spacial score (nSPS) is 11.8. The van der Waals surface area contributed by atoms with E-state index in [2.05, 4.69) is 46.2 Å². The van der Waals surface area contributed by atoms with E-state index in [-0.39, 0.29) is 5.56 Å². The minimum absolute atomic E-state index is 0.0589. The lowest BCUT2D eigenvalue weighted by atomic mass is 10.1. The molecule has 0 saturated carbocycles. The molecule has 0 spiro atoms. The maximum atomic E-state index is 12.6. The van der Waals surface area contributed by atoms with Crippen LogP contribution in [0.3, 0.4) is 0 Å². The predicted octanol–water partition coefficient (Wildman–Crippen LogP) is 3.22. The molecule has 3 heterocycles. The summed E-state index contributed by atoms with van der Waals surface area (Å²) in [5.74, 6) is 0. The third-order valence-electron chi connectivity index (χ3n) is 4.62. The molecule has 1 aromatic carbocycles. The number of likely N-dealkylation sites (N-methyl/N-ethyl adjacent to an activating group) is 1. The highest BCUT2D eigenvalue weighted by Crippen LogP contribution is 2.18. The molecule has 1 N–H and O–H groups in total. The van der Waals surface area contributed by atoms with E-state index in [0.717, 1.165) is 29.3 Å². The highest BCUT2D eigenvalue weighted by Gasteiger charge is 2.12. The Labute approximate surface area is 149 Å². The van der Waals surface area contributed by atoms with Gasteiger partial charge in [-0.25, -0.2) is 4.98 Å². The lowest BCUT2D eigenvalue weighted by molar-refractivity contribution is 0.331. The molecule has 5 nitrogen and oxygen atoms in total. The number of hydrogen-bond donors (Lipinski definition) is 1. The fourth-order valence-corrected chi connectivity index (χ4v) is 4.01. The summed E-state index contributed by atoms with van der Waals surface area (Å²) in [4.78, 5) is 23.5. The highest BCUT2D eigenvalue weighted by atomic mass is 32.1. The van der Waals surface area contributed by atoms with Gasteiger partial charge in [-0.05, 0) is 37.4 Å². The second kappa shape index (κ2) is 6.46. The largest absolute Gasteiger partial charge is 0.361 e. The van der Waals surface area contributed by atoms with Crippen LogP contribution in [0, 0.1) is 6.92 Å². The van der Waals surface area contributed by atoms with Crippen LogP contribution in [-0.4, -0.2) is 32.9 Å². The van der Waals surface area contributed by atoms with Crippen molar-refractivity contribution in [2.24, 2.45) is 0 Å². The van der Waals surface area contributed by atoms with Gasteiger partial charge in [0.05, 0.1) is 0 Å². The molecule has 25 heavy (non-hydrogen) atoms. The number of rotatable bonds is 5. The Kier molecular flexibility index (Phi) is 4.15. The minimum atomic E-state index is 0.0589. The first kappa shape index (κ1) is 16.1. The summed E-state index contributed by atoms with van der Waals surface area (Å²) < 4.78 is 1.65. The Morgan fingerprint density at radius 3 is 3.08 bits per heavy atom. The van der Waals surface area contributed by atoms with Gasteiger partial charge in [0.25, 0.3) is 5.56 Å². The van der Waals surface area contributed by atoms with Crippen molar-refractivity contribution >= 4 is 27.2 Å². The highest BCUT2D eigenvalue weighted by molar-refractivity contribution is 7.15. The van der Waals surface area contributed by atoms with Crippen LogP contribution in [0.15, 0.2) is 46.8 Å². The van der Waals surface area contributed by atoms with Crippen molar-refractivity contribution in [2.45, 2.75) is 19.9 Å². The van der Waals surface area contributed by atoms with Crippen LogP contribution in [0.2, 0.25) is 0 Å². The number of nitrogens with one attached hydrogen (secondary N) is 1. The molecular weight excluding hydrogens is 332 g/mol. The van der Waals surface area contributed by atoms with Crippen LogP contribution in [0.25, 0.3) is 15.9 Å². The molecule has 0 aliphatic heterocycles. The lowest BCUT2D eigenvalue weighted by Gasteiger charge is -2.17. The molecule has 0 unspecified atom stereocenters. The van der Waals surface area contributed by atoms with E-state index in [1.807, 2.05) is 18.5 Å². The fraction of sp³-hybridized carbons (Fsp3) is 0.263. The molecule has 0 radical (unpaired) electrons.